The van der Waals surface area contributed by atoms with E-state index >= 15 is 0 Å². The third-order valence-electron chi connectivity index (χ3n) is 10.7. The second-order valence-corrected chi connectivity index (χ2v) is 16.7. The van der Waals surface area contributed by atoms with Crippen molar-refractivity contribution in [2.75, 3.05) is 19.8 Å². The third kappa shape index (κ3) is 48.0. The highest BCUT2D eigenvalue weighted by atomic mass is 16.6. The molecule has 0 aliphatic carbocycles. The van der Waals surface area contributed by atoms with Crippen molar-refractivity contribution in [1.29, 1.82) is 0 Å². The van der Waals surface area contributed by atoms with Crippen LogP contribution in [0.4, 0.5) is 0 Å². The molecule has 0 amide bonds. The number of carbonyl (C=O) groups is 2. The van der Waals surface area contributed by atoms with Gasteiger partial charge in [-0.15, -0.1) is 0 Å². The highest BCUT2D eigenvalue weighted by Gasteiger charge is 2.17. The van der Waals surface area contributed by atoms with Gasteiger partial charge in [-0.1, -0.05) is 196 Å². The van der Waals surface area contributed by atoms with Crippen molar-refractivity contribution in [3.8, 4) is 0 Å². The summed E-state index contributed by atoms with van der Waals surface area (Å²) in [4.78, 5) is 25.3. The summed E-state index contributed by atoms with van der Waals surface area (Å²) in [6, 6.07) is 0. The van der Waals surface area contributed by atoms with Gasteiger partial charge in [0.25, 0.3) is 0 Å². The van der Waals surface area contributed by atoms with Crippen molar-refractivity contribution < 1.29 is 23.8 Å². The lowest BCUT2D eigenvalue weighted by Gasteiger charge is -2.18. The van der Waals surface area contributed by atoms with Gasteiger partial charge in [0.15, 0.2) is 6.10 Å². The topological polar surface area (TPSA) is 61.8 Å². The van der Waals surface area contributed by atoms with Gasteiger partial charge in [-0.05, 0) is 103 Å². The molecule has 0 aromatic heterocycles. The predicted octanol–water partition coefficient (Wildman–Crippen LogP) is 17.1. The molecule has 1 unspecified atom stereocenters. The SMILES string of the molecule is CC/C=C\C/C=C\C/C=C\CCCCCC(=O)OCC(COCCCCCCCCCCCC/C=C\C/C=C\CCCCC)OC(=O)CCCCCCC/C=C\CCCC. The van der Waals surface area contributed by atoms with Gasteiger partial charge in [0.05, 0.1) is 6.61 Å². The molecule has 0 heterocycles. The van der Waals surface area contributed by atoms with Crippen molar-refractivity contribution >= 4 is 11.9 Å². The summed E-state index contributed by atoms with van der Waals surface area (Å²) in [6.07, 6.45) is 64.9. The van der Waals surface area contributed by atoms with E-state index in [-0.39, 0.29) is 25.2 Å². The van der Waals surface area contributed by atoms with Gasteiger partial charge < -0.3 is 14.2 Å². The quantitative estimate of drug-likeness (QED) is 0.0347. The molecule has 0 rings (SSSR count). The average Bonchev–Trinajstić information content (AvgIpc) is 3.25. The number of hydrogen-bond acceptors (Lipinski definition) is 5. The van der Waals surface area contributed by atoms with Crippen LogP contribution in [-0.4, -0.2) is 37.9 Å². The molecule has 5 nitrogen and oxygen atoms in total. The maximum atomic E-state index is 12.7. The van der Waals surface area contributed by atoms with E-state index in [4.69, 9.17) is 14.2 Å². The van der Waals surface area contributed by atoms with Crippen molar-refractivity contribution in [1.82, 2.24) is 0 Å². The third-order valence-corrected chi connectivity index (χ3v) is 10.7. The number of unbranched alkanes of at least 4 members (excludes halogenated alkanes) is 23. The molecular formula is C55H96O5. The zero-order valence-electron chi connectivity index (χ0n) is 39.7. The first-order valence-electron chi connectivity index (χ1n) is 25.5. The second kappa shape index (κ2) is 50.7. The fourth-order valence-corrected chi connectivity index (χ4v) is 6.89. The summed E-state index contributed by atoms with van der Waals surface area (Å²) in [7, 11) is 0. The number of rotatable bonds is 46. The summed E-state index contributed by atoms with van der Waals surface area (Å²) >= 11 is 0. The van der Waals surface area contributed by atoms with E-state index in [0.29, 0.717) is 19.4 Å². The van der Waals surface area contributed by atoms with Crippen molar-refractivity contribution in [2.45, 2.75) is 245 Å². The van der Waals surface area contributed by atoms with Gasteiger partial charge in [-0.25, -0.2) is 0 Å². The molecule has 0 aliphatic heterocycles. The first-order chi connectivity index (χ1) is 29.6. The highest BCUT2D eigenvalue weighted by Crippen LogP contribution is 2.14. The van der Waals surface area contributed by atoms with Crippen LogP contribution in [0.25, 0.3) is 0 Å². The van der Waals surface area contributed by atoms with Crippen molar-refractivity contribution in [2.24, 2.45) is 0 Å². The van der Waals surface area contributed by atoms with Gasteiger partial charge in [0.2, 0.25) is 0 Å². The maximum absolute atomic E-state index is 12.7. The molecular weight excluding hydrogens is 741 g/mol. The Morgan fingerprint density at radius 1 is 0.383 bits per heavy atom. The molecule has 346 valence electrons. The van der Waals surface area contributed by atoms with E-state index in [1.54, 1.807) is 0 Å². The minimum atomic E-state index is -0.555. The van der Waals surface area contributed by atoms with Gasteiger partial charge in [-0.3, -0.25) is 9.59 Å². The first-order valence-corrected chi connectivity index (χ1v) is 25.5. The van der Waals surface area contributed by atoms with Crippen LogP contribution < -0.4 is 0 Å². The van der Waals surface area contributed by atoms with Crippen LogP contribution in [0.1, 0.15) is 239 Å². The Hall–Kier alpha value is -2.66. The lowest BCUT2D eigenvalue weighted by Crippen LogP contribution is -2.30. The summed E-state index contributed by atoms with van der Waals surface area (Å²) in [6.45, 7) is 7.61. The first kappa shape index (κ1) is 57.3. The Kier molecular flexibility index (Phi) is 48.4. The highest BCUT2D eigenvalue weighted by molar-refractivity contribution is 5.70. The molecule has 60 heavy (non-hydrogen) atoms. The van der Waals surface area contributed by atoms with Crippen LogP contribution in [0, 0.1) is 0 Å². The minimum Gasteiger partial charge on any atom is -0.462 e. The van der Waals surface area contributed by atoms with Crippen LogP contribution in [0.2, 0.25) is 0 Å². The van der Waals surface area contributed by atoms with Crippen molar-refractivity contribution in [3.05, 3.63) is 72.9 Å². The zero-order valence-corrected chi connectivity index (χ0v) is 39.7. The summed E-state index contributed by atoms with van der Waals surface area (Å²) in [5.41, 5.74) is 0. The molecule has 0 fully saturated rings. The molecule has 0 spiro atoms. The van der Waals surface area contributed by atoms with Crippen LogP contribution in [0.15, 0.2) is 72.9 Å². The Labute approximate surface area is 372 Å². The summed E-state index contributed by atoms with van der Waals surface area (Å²) < 4.78 is 17.3. The Balaban J connectivity index is 4.24. The lowest BCUT2D eigenvalue weighted by atomic mass is 10.1. The minimum absolute atomic E-state index is 0.0639. The lowest BCUT2D eigenvalue weighted by molar-refractivity contribution is -0.163. The van der Waals surface area contributed by atoms with Crippen LogP contribution in [0.3, 0.4) is 0 Å². The molecule has 5 heteroatoms. The number of hydrogen-bond donors (Lipinski definition) is 0. The number of ether oxygens (including phenoxy) is 3. The standard InChI is InChI=1S/C55H96O5/c1-4-7-10-13-16-19-22-24-25-26-27-28-29-30-32-35-38-41-44-47-50-58-51-53(60-55(57)49-46-43-40-37-33-21-18-15-12-9-6-3)52-59-54(56)48-45-42-39-36-34-31-23-20-17-14-11-8-5-2/h8,11,15-20,24-25,31,34,53H,4-7,9-10,12-14,21-23,26-30,32-33,35-52H2,1-3H3/b11-8-,18-15-,19-16-,20-17-,25-24-,34-31-. The molecule has 1 atom stereocenters. The van der Waals surface area contributed by atoms with Gasteiger partial charge in [0, 0.05) is 19.4 Å². The molecule has 0 saturated carbocycles. The Morgan fingerprint density at radius 3 is 1.28 bits per heavy atom. The number of allylic oxidation sites excluding steroid dienone is 12. The average molecular weight is 837 g/mol. The Bertz CT molecular complexity index is 1080. The smallest absolute Gasteiger partial charge is 0.306 e. The van der Waals surface area contributed by atoms with Crippen LogP contribution in [0.5, 0.6) is 0 Å². The van der Waals surface area contributed by atoms with Crippen LogP contribution >= 0.6 is 0 Å². The van der Waals surface area contributed by atoms with E-state index in [9.17, 15) is 9.59 Å². The van der Waals surface area contributed by atoms with Gasteiger partial charge in [-0.2, -0.15) is 0 Å². The molecule has 0 bridgehead atoms. The fourth-order valence-electron chi connectivity index (χ4n) is 6.89. The fraction of sp³-hybridized carbons (Fsp3) is 0.745. The zero-order chi connectivity index (χ0) is 43.5. The van der Waals surface area contributed by atoms with Gasteiger partial charge >= 0.3 is 11.9 Å². The molecule has 0 radical (unpaired) electrons. The second-order valence-electron chi connectivity index (χ2n) is 16.7. The maximum Gasteiger partial charge on any atom is 0.306 e. The van der Waals surface area contributed by atoms with E-state index in [1.165, 1.54) is 116 Å². The predicted molar refractivity (Wildman–Crippen MR) is 260 cm³/mol. The number of carbonyl (C=O) groups excluding carboxylic acids is 2. The van der Waals surface area contributed by atoms with Gasteiger partial charge in [0.1, 0.15) is 6.61 Å². The molecule has 0 aromatic rings. The normalized spacial score (nSPS) is 12.8. The summed E-state index contributed by atoms with van der Waals surface area (Å²) in [5.74, 6) is -0.443. The molecule has 0 aliphatic rings. The van der Waals surface area contributed by atoms with E-state index in [2.05, 4.69) is 93.7 Å². The van der Waals surface area contributed by atoms with E-state index in [0.717, 1.165) is 89.9 Å². The van der Waals surface area contributed by atoms with Crippen LogP contribution in [-0.2, 0) is 23.8 Å². The molecule has 0 saturated heterocycles. The van der Waals surface area contributed by atoms with E-state index < -0.39 is 6.10 Å². The molecule has 0 N–H and O–H groups in total. The van der Waals surface area contributed by atoms with E-state index in [1.807, 2.05) is 0 Å². The monoisotopic (exact) mass is 837 g/mol. The summed E-state index contributed by atoms with van der Waals surface area (Å²) in [5, 5.41) is 0. The number of esters is 2. The largest absolute Gasteiger partial charge is 0.462 e. The molecule has 0 aromatic carbocycles. The van der Waals surface area contributed by atoms with Crippen molar-refractivity contribution in [3.63, 3.8) is 0 Å². The Morgan fingerprint density at radius 2 is 0.767 bits per heavy atom.